The quantitative estimate of drug-likeness (QED) is 0.638. The summed E-state index contributed by atoms with van der Waals surface area (Å²) in [5.74, 6) is 0. The Labute approximate surface area is 149 Å². The van der Waals surface area contributed by atoms with Gasteiger partial charge in [0.15, 0.2) is 0 Å². The Hall–Kier alpha value is -2.03. The van der Waals surface area contributed by atoms with E-state index in [1.54, 1.807) is 0 Å². The molecule has 3 rings (SSSR count). The molecule has 0 amide bonds. The molecule has 0 aliphatic carbocycles. The molecule has 0 unspecified atom stereocenters. The highest BCUT2D eigenvalue weighted by Crippen LogP contribution is 2.19. The van der Waals surface area contributed by atoms with E-state index in [0.29, 0.717) is 0 Å². The number of aromatic nitrogens is 1. The van der Waals surface area contributed by atoms with Crippen molar-refractivity contribution >= 4 is 53.6 Å². The lowest BCUT2D eigenvalue weighted by Gasteiger charge is -2.11. The van der Waals surface area contributed by atoms with E-state index in [1.807, 2.05) is 44.6 Å². The van der Waals surface area contributed by atoms with Crippen LogP contribution in [-0.4, -0.2) is 19.1 Å². The number of para-hydroxylation sites is 1. The second-order valence-electron chi connectivity index (χ2n) is 5.24. The van der Waals surface area contributed by atoms with Gasteiger partial charge in [-0.3, -0.25) is 4.98 Å². The van der Waals surface area contributed by atoms with Gasteiger partial charge in [0, 0.05) is 31.4 Å². The van der Waals surface area contributed by atoms with Crippen LogP contribution in [0.1, 0.15) is 11.1 Å². The Balaban J connectivity index is 0.00000132. The molecule has 120 valence electrons. The van der Waals surface area contributed by atoms with Gasteiger partial charge in [-0.2, -0.15) is 0 Å². The third-order valence-electron chi connectivity index (χ3n) is 3.55. The molecule has 2 aromatic carbocycles. The highest BCUT2D eigenvalue weighted by molar-refractivity contribution is 5.90. The fraction of sp³-hybridized carbons (Fsp3) is 0.105. The average Bonchev–Trinajstić information content (AvgIpc) is 2.53. The minimum atomic E-state index is 0. The van der Waals surface area contributed by atoms with Crippen LogP contribution in [0.25, 0.3) is 23.1 Å². The summed E-state index contributed by atoms with van der Waals surface area (Å²) in [6.45, 7) is 0. The van der Waals surface area contributed by atoms with E-state index in [2.05, 4.69) is 52.4 Å². The molecule has 0 spiro atoms. The Morgan fingerprint density at radius 1 is 0.826 bits per heavy atom. The number of benzene rings is 2. The minimum absolute atomic E-state index is 0. The second kappa shape index (κ2) is 8.56. The topological polar surface area (TPSA) is 16.1 Å². The zero-order valence-electron chi connectivity index (χ0n) is 13.1. The van der Waals surface area contributed by atoms with Gasteiger partial charge in [-0.25, -0.2) is 0 Å². The highest BCUT2D eigenvalue weighted by Gasteiger charge is 1.98. The lowest BCUT2D eigenvalue weighted by molar-refractivity contribution is 1.13. The van der Waals surface area contributed by atoms with Crippen molar-refractivity contribution in [2.75, 3.05) is 19.0 Å². The van der Waals surface area contributed by atoms with Crippen molar-refractivity contribution in [2.45, 2.75) is 0 Å². The third kappa shape index (κ3) is 4.47. The summed E-state index contributed by atoms with van der Waals surface area (Å²) in [6, 6.07) is 18.8. The molecule has 0 saturated heterocycles. The Bertz CT molecular complexity index is 775. The number of rotatable bonds is 3. The van der Waals surface area contributed by atoms with Crippen molar-refractivity contribution in [3.05, 3.63) is 71.9 Å². The van der Waals surface area contributed by atoms with Crippen molar-refractivity contribution in [2.24, 2.45) is 0 Å². The number of anilines is 1. The summed E-state index contributed by atoms with van der Waals surface area (Å²) < 4.78 is 0. The first-order valence-corrected chi connectivity index (χ1v) is 7.03. The van der Waals surface area contributed by atoms with Crippen molar-refractivity contribution in [1.82, 2.24) is 4.98 Å². The van der Waals surface area contributed by atoms with Crippen molar-refractivity contribution in [3.63, 3.8) is 0 Å². The maximum atomic E-state index is 4.39. The fourth-order valence-electron chi connectivity index (χ4n) is 2.33. The molecule has 2 nitrogen and oxygen atoms in total. The van der Waals surface area contributed by atoms with E-state index in [-0.39, 0.29) is 24.8 Å². The van der Waals surface area contributed by atoms with Crippen LogP contribution < -0.4 is 4.90 Å². The van der Waals surface area contributed by atoms with E-state index in [1.165, 1.54) is 22.2 Å². The first kappa shape index (κ1) is 19.0. The molecule has 0 atom stereocenters. The maximum Gasteiger partial charge on any atom is 0.0707 e. The fourth-order valence-corrected chi connectivity index (χ4v) is 2.33. The van der Waals surface area contributed by atoms with Gasteiger partial charge in [-0.05, 0) is 35.4 Å². The van der Waals surface area contributed by atoms with Crippen molar-refractivity contribution in [3.8, 4) is 0 Å². The van der Waals surface area contributed by atoms with Gasteiger partial charge in [0.2, 0.25) is 0 Å². The first-order chi connectivity index (χ1) is 10.2. The molecule has 1 aromatic heterocycles. The van der Waals surface area contributed by atoms with E-state index in [4.69, 9.17) is 0 Å². The number of hydrogen-bond acceptors (Lipinski definition) is 2. The van der Waals surface area contributed by atoms with Crippen LogP contribution in [0.5, 0.6) is 0 Å². The maximum absolute atomic E-state index is 4.39. The number of hydrogen-bond donors (Lipinski definition) is 0. The predicted molar refractivity (Wildman–Crippen MR) is 106 cm³/mol. The van der Waals surface area contributed by atoms with E-state index in [9.17, 15) is 0 Å². The normalized spacial score (nSPS) is 10.2. The van der Waals surface area contributed by atoms with Crippen LogP contribution in [0.3, 0.4) is 0 Å². The zero-order valence-corrected chi connectivity index (χ0v) is 14.8. The molecule has 0 bridgehead atoms. The minimum Gasteiger partial charge on any atom is -0.378 e. The van der Waals surface area contributed by atoms with E-state index >= 15 is 0 Å². The number of halogens is 2. The molecule has 0 aliphatic rings. The smallest absolute Gasteiger partial charge is 0.0707 e. The molecule has 0 fully saturated rings. The zero-order chi connectivity index (χ0) is 14.7. The first-order valence-electron chi connectivity index (χ1n) is 7.03. The lowest BCUT2D eigenvalue weighted by Crippen LogP contribution is -2.07. The van der Waals surface area contributed by atoms with Gasteiger partial charge in [-0.15, -0.1) is 24.8 Å². The highest BCUT2D eigenvalue weighted by atomic mass is 35.5. The van der Waals surface area contributed by atoms with Crippen molar-refractivity contribution in [1.29, 1.82) is 0 Å². The molecule has 1 heterocycles. The van der Waals surface area contributed by atoms with Gasteiger partial charge >= 0.3 is 0 Å². The van der Waals surface area contributed by atoms with Crippen LogP contribution in [0, 0.1) is 0 Å². The standard InChI is InChI=1S/C19H18N2.2ClH/c1-21(2)17-11-8-15(9-12-17)7-10-16-13-14-20-19-6-4-3-5-18(16)19;;/h3-14H,1-2H3;2*1H/b10-7+;;. The molecule has 0 radical (unpaired) electrons. The van der Waals surface area contributed by atoms with Gasteiger partial charge < -0.3 is 4.90 Å². The molecule has 0 aliphatic heterocycles. The Kier molecular flexibility index (Phi) is 7.08. The lowest BCUT2D eigenvalue weighted by atomic mass is 10.1. The summed E-state index contributed by atoms with van der Waals surface area (Å²) in [5.41, 5.74) is 4.63. The molecule has 0 saturated carbocycles. The van der Waals surface area contributed by atoms with Gasteiger partial charge in [-0.1, -0.05) is 42.5 Å². The summed E-state index contributed by atoms with van der Waals surface area (Å²) in [4.78, 5) is 6.49. The molecule has 23 heavy (non-hydrogen) atoms. The average molecular weight is 347 g/mol. The molecule has 0 N–H and O–H groups in total. The van der Waals surface area contributed by atoms with E-state index < -0.39 is 0 Å². The van der Waals surface area contributed by atoms with E-state index in [0.717, 1.165) is 5.52 Å². The summed E-state index contributed by atoms with van der Waals surface area (Å²) in [6.07, 6.45) is 6.15. The number of fused-ring (bicyclic) bond motifs is 1. The molecular weight excluding hydrogens is 327 g/mol. The second-order valence-corrected chi connectivity index (χ2v) is 5.24. The monoisotopic (exact) mass is 346 g/mol. The predicted octanol–water partition coefficient (Wildman–Crippen LogP) is 5.31. The third-order valence-corrected chi connectivity index (χ3v) is 3.55. The van der Waals surface area contributed by atoms with Gasteiger partial charge in [0.25, 0.3) is 0 Å². The van der Waals surface area contributed by atoms with Gasteiger partial charge in [0.05, 0.1) is 5.52 Å². The van der Waals surface area contributed by atoms with Crippen molar-refractivity contribution < 1.29 is 0 Å². The summed E-state index contributed by atoms with van der Waals surface area (Å²) in [5, 5.41) is 1.18. The van der Waals surface area contributed by atoms with Crippen LogP contribution >= 0.6 is 24.8 Å². The Morgan fingerprint density at radius 3 is 2.22 bits per heavy atom. The number of nitrogens with zero attached hydrogens (tertiary/aromatic N) is 2. The molecule has 4 heteroatoms. The summed E-state index contributed by atoms with van der Waals surface area (Å²) in [7, 11) is 4.10. The van der Waals surface area contributed by atoms with Crippen LogP contribution in [0.15, 0.2) is 60.8 Å². The Morgan fingerprint density at radius 2 is 1.52 bits per heavy atom. The largest absolute Gasteiger partial charge is 0.378 e. The molecule has 3 aromatic rings. The van der Waals surface area contributed by atoms with Crippen LogP contribution in [0.2, 0.25) is 0 Å². The van der Waals surface area contributed by atoms with Gasteiger partial charge in [0.1, 0.15) is 0 Å². The SMILES string of the molecule is CN(C)c1ccc(/C=C/c2ccnc3ccccc23)cc1.Cl.Cl. The van der Waals surface area contributed by atoms with Crippen LogP contribution in [-0.2, 0) is 0 Å². The summed E-state index contributed by atoms with van der Waals surface area (Å²) >= 11 is 0. The van der Waals surface area contributed by atoms with Crippen LogP contribution in [0.4, 0.5) is 5.69 Å². The molecular formula is C19H20Cl2N2. The number of pyridine rings is 1.